The van der Waals surface area contributed by atoms with Crippen molar-refractivity contribution in [2.75, 3.05) is 19.7 Å². The Morgan fingerprint density at radius 1 is 1.02 bits per heavy atom. The van der Waals surface area contributed by atoms with Gasteiger partial charge in [0.15, 0.2) is 5.84 Å². The SMILES string of the molecule is CCOC(=O)CNC(C(=O)N1CCCC1C(=O)NCc1ccc(/C(N)=N/OC(C)=O)s1)C(c1ccccc1)c1ccccc1. The van der Waals surface area contributed by atoms with E-state index in [0.717, 1.165) is 16.0 Å². The predicted molar refractivity (Wildman–Crippen MR) is 167 cm³/mol. The first kappa shape index (κ1) is 32.4. The number of oxime groups is 1. The van der Waals surface area contributed by atoms with Gasteiger partial charge >= 0.3 is 11.9 Å². The van der Waals surface area contributed by atoms with Gasteiger partial charge in [-0.05, 0) is 43.0 Å². The third-order valence-corrected chi connectivity index (χ3v) is 8.26. The molecule has 2 aromatic carbocycles. The number of thiophene rings is 1. The van der Waals surface area contributed by atoms with Gasteiger partial charge in [-0.1, -0.05) is 65.8 Å². The van der Waals surface area contributed by atoms with Crippen LogP contribution in [0.4, 0.5) is 0 Å². The van der Waals surface area contributed by atoms with E-state index in [1.54, 1.807) is 24.0 Å². The van der Waals surface area contributed by atoms with E-state index in [9.17, 15) is 19.2 Å². The third kappa shape index (κ3) is 8.51. The van der Waals surface area contributed by atoms with Crippen LogP contribution in [-0.4, -0.2) is 66.3 Å². The highest BCUT2D eigenvalue weighted by Gasteiger charge is 2.40. The summed E-state index contributed by atoms with van der Waals surface area (Å²) in [5.41, 5.74) is 7.68. The first-order valence-electron chi connectivity index (χ1n) is 14.5. The Morgan fingerprint density at radius 3 is 2.30 bits per heavy atom. The zero-order chi connectivity index (χ0) is 31.5. The number of esters is 1. The molecule has 1 aliphatic rings. The lowest BCUT2D eigenvalue weighted by Crippen LogP contribution is -2.55. The largest absolute Gasteiger partial charge is 0.465 e. The van der Waals surface area contributed by atoms with Gasteiger partial charge in [0.2, 0.25) is 11.8 Å². The molecule has 1 fully saturated rings. The lowest BCUT2D eigenvalue weighted by Gasteiger charge is -2.33. The molecule has 0 bridgehead atoms. The summed E-state index contributed by atoms with van der Waals surface area (Å²) in [6.45, 7) is 3.67. The molecule has 1 aliphatic heterocycles. The van der Waals surface area contributed by atoms with Crippen LogP contribution in [0.3, 0.4) is 0 Å². The first-order chi connectivity index (χ1) is 21.3. The van der Waals surface area contributed by atoms with Crippen molar-refractivity contribution < 1.29 is 28.8 Å². The molecule has 2 heterocycles. The maximum absolute atomic E-state index is 14.4. The molecule has 1 saturated heterocycles. The van der Waals surface area contributed by atoms with Gasteiger partial charge in [-0.15, -0.1) is 11.3 Å². The smallest absolute Gasteiger partial charge is 0.332 e. The number of nitrogens with one attached hydrogen (secondary N) is 2. The quantitative estimate of drug-likeness (QED) is 0.0869. The van der Waals surface area contributed by atoms with E-state index < -0.39 is 29.9 Å². The van der Waals surface area contributed by atoms with Crippen molar-refractivity contribution in [3.05, 3.63) is 93.7 Å². The fourth-order valence-corrected chi connectivity index (χ4v) is 6.03. The van der Waals surface area contributed by atoms with Crippen LogP contribution in [0.5, 0.6) is 0 Å². The Balaban J connectivity index is 1.53. The van der Waals surface area contributed by atoms with Gasteiger partial charge in [-0.25, -0.2) is 4.79 Å². The van der Waals surface area contributed by atoms with Crippen molar-refractivity contribution in [3.8, 4) is 0 Å². The molecule has 2 unspecified atom stereocenters. The summed E-state index contributed by atoms with van der Waals surface area (Å²) in [6, 6.07) is 21.3. The summed E-state index contributed by atoms with van der Waals surface area (Å²) in [6.07, 6.45) is 1.18. The lowest BCUT2D eigenvalue weighted by atomic mass is 9.84. The van der Waals surface area contributed by atoms with Crippen molar-refractivity contribution in [1.82, 2.24) is 15.5 Å². The lowest BCUT2D eigenvalue weighted by molar-refractivity contribution is -0.144. The molecule has 0 saturated carbocycles. The van der Waals surface area contributed by atoms with E-state index in [2.05, 4.69) is 20.6 Å². The highest BCUT2D eigenvalue weighted by atomic mass is 32.1. The summed E-state index contributed by atoms with van der Waals surface area (Å²) in [5.74, 6) is -1.94. The molecule has 4 rings (SSSR count). The molecule has 44 heavy (non-hydrogen) atoms. The Morgan fingerprint density at radius 2 is 1.68 bits per heavy atom. The van der Waals surface area contributed by atoms with Crippen molar-refractivity contribution in [3.63, 3.8) is 0 Å². The van der Waals surface area contributed by atoms with Crippen LogP contribution in [0.25, 0.3) is 0 Å². The van der Waals surface area contributed by atoms with Crippen LogP contribution in [0.1, 0.15) is 53.5 Å². The number of hydrogen-bond donors (Lipinski definition) is 3. The maximum Gasteiger partial charge on any atom is 0.332 e. The summed E-state index contributed by atoms with van der Waals surface area (Å²) in [7, 11) is 0. The number of amides is 2. The predicted octanol–water partition coefficient (Wildman–Crippen LogP) is 2.89. The van der Waals surface area contributed by atoms with Crippen molar-refractivity contribution in [1.29, 1.82) is 0 Å². The van der Waals surface area contributed by atoms with Gasteiger partial charge in [-0.3, -0.25) is 19.7 Å². The van der Waals surface area contributed by atoms with E-state index in [1.165, 1.54) is 18.3 Å². The highest BCUT2D eigenvalue weighted by Crippen LogP contribution is 2.31. The van der Waals surface area contributed by atoms with E-state index >= 15 is 0 Å². The van der Waals surface area contributed by atoms with E-state index in [0.29, 0.717) is 24.3 Å². The number of rotatable bonds is 13. The van der Waals surface area contributed by atoms with Gasteiger partial charge < -0.3 is 25.5 Å². The molecule has 0 aliphatic carbocycles. The molecular weight excluding hydrogens is 582 g/mol. The number of carbonyl (C=O) groups is 4. The van der Waals surface area contributed by atoms with Gasteiger partial charge in [0.1, 0.15) is 6.04 Å². The molecule has 1 aromatic heterocycles. The van der Waals surface area contributed by atoms with Crippen LogP contribution in [0.15, 0.2) is 78.0 Å². The number of nitrogens with zero attached hydrogens (tertiary/aromatic N) is 2. The fraction of sp³-hybridized carbons (Fsp3) is 0.344. The summed E-state index contributed by atoms with van der Waals surface area (Å²) < 4.78 is 5.14. The molecule has 232 valence electrons. The highest BCUT2D eigenvalue weighted by molar-refractivity contribution is 7.14. The number of benzene rings is 2. The van der Waals surface area contributed by atoms with E-state index in [4.69, 9.17) is 10.5 Å². The second kappa shape index (κ2) is 15.8. The second-order valence-corrected chi connectivity index (χ2v) is 11.4. The molecule has 0 spiro atoms. The summed E-state index contributed by atoms with van der Waals surface area (Å²) >= 11 is 1.31. The Kier molecular flexibility index (Phi) is 11.6. The summed E-state index contributed by atoms with van der Waals surface area (Å²) in [5, 5.41) is 9.71. The third-order valence-electron chi connectivity index (χ3n) is 7.15. The van der Waals surface area contributed by atoms with Crippen LogP contribution in [0.2, 0.25) is 0 Å². The van der Waals surface area contributed by atoms with Crippen molar-refractivity contribution >= 4 is 40.9 Å². The molecule has 2 atom stereocenters. The number of likely N-dealkylation sites (tertiary alicyclic amines) is 1. The maximum atomic E-state index is 14.4. The first-order valence-corrected chi connectivity index (χ1v) is 15.3. The Labute approximate surface area is 260 Å². The zero-order valence-corrected chi connectivity index (χ0v) is 25.5. The standard InChI is InChI=1S/C32H37N5O6S/c1-3-42-27(39)20-34-29(28(22-11-6-4-7-12-22)23-13-8-5-9-14-23)32(41)37-18-10-15-25(37)31(40)35-19-24-16-17-26(44-24)30(33)36-43-21(2)38/h4-9,11-14,16-17,25,28-29,34H,3,10,15,18-20H2,1-2H3,(H2,33,36)(H,35,40). The molecule has 2 amide bonds. The molecule has 0 radical (unpaired) electrons. The van der Waals surface area contributed by atoms with Gasteiger partial charge in [0.25, 0.3) is 0 Å². The number of amidine groups is 1. The molecule has 12 heteroatoms. The number of ether oxygens (including phenoxy) is 1. The minimum atomic E-state index is -0.836. The Bertz CT molecular complexity index is 1420. The van der Waals surface area contributed by atoms with Crippen LogP contribution in [-0.2, 0) is 35.3 Å². The van der Waals surface area contributed by atoms with Crippen LogP contribution in [0, 0.1) is 0 Å². The Hall–Kier alpha value is -4.55. The zero-order valence-electron chi connectivity index (χ0n) is 24.7. The number of nitrogens with two attached hydrogens (primary N) is 1. The molecule has 11 nitrogen and oxygen atoms in total. The van der Waals surface area contributed by atoms with Crippen LogP contribution >= 0.6 is 11.3 Å². The normalized spacial score (nSPS) is 15.6. The number of hydrogen-bond acceptors (Lipinski definition) is 9. The van der Waals surface area contributed by atoms with E-state index in [-0.39, 0.29) is 37.3 Å². The molecule has 4 N–H and O–H groups in total. The molecular formula is C32H37N5O6S. The average molecular weight is 620 g/mol. The minimum Gasteiger partial charge on any atom is -0.465 e. The monoisotopic (exact) mass is 619 g/mol. The topological polar surface area (TPSA) is 152 Å². The van der Waals surface area contributed by atoms with Crippen molar-refractivity contribution in [2.24, 2.45) is 10.9 Å². The summed E-state index contributed by atoms with van der Waals surface area (Å²) in [4.78, 5) is 58.8. The van der Waals surface area contributed by atoms with Crippen molar-refractivity contribution in [2.45, 2.75) is 51.2 Å². The van der Waals surface area contributed by atoms with Gasteiger partial charge in [0.05, 0.1) is 30.6 Å². The van der Waals surface area contributed by atoms with Gasteiger partial charge in [-0.2, -0.15) is 0 Å². The number of carbonyl (C=O) groups excluding carboxylic acids is 4. The average Bonchev–Trinajstić information content (AvgIpc) is 3.72. The van der Waals surface area contributed by atoms with Gasteiger partial charge in [0, 0.05) is 24.3 Å². The van der Waals surface area contributed by atoms with E-state index in [1.807, 2.05) is 60.7 Å². The molecule has 3 aromatic rings. The van der Waals surface area contributed by atoms with Crippen LogP contribution < -0.4 is 16.4 Å². The minimum absolute atomic E-state index is 0.0584. The second-order valence-electron chi connectivity index (χ2n) is 10.2. The fourth-order valence-electron chi connectivity index (χ4n) is 5.19.